The molecule has 1 aliphatic heterocycles. The zero-order chi connectivity index (χ0) is 22.7. The lowest BCUT2D eigenvalue weighted by atomic mass is 9.95. The molecule has 1 aliphatic rings. The number of guanidine groups is 1. The lowest BCUT2D eigenvalue weighted by Gasteiger charge is -2.26. The molecule has 32 heavy (non-hydrogen) atoms. The summed E-state index contributed by atoms with van der Waals surface area (Å²) in [6.07, 6.45) is 1.83. The number of rotatable bonds is 4. The van der Waals surface area contributed by atoms with E-state index in [4.69, 9.17) is 21.5 Å². The van der Waals surface area contributed by atoms with Gasteiger partial charge in [0.25, 0.3) is 0 Å². The summed E-state index contributed by atoms with van der Waals surface area (Å²) in [5, 5.41) is 23.9. The highest BCUT2D eigenvalue weighted by atomic mass is 79.9. The van der Waals surface area contributed by atoms with E-state index in [2.05, 4.69) is 36.5 Å². The number of hydrogen-bond acceptors (Lipinski definition) is 9. The molecule has 158 valence electrons. The van der Waals surface area contributed by atoms with Crippen LogP contribution in [0.2, 0.25) is 0 Å². The van der Waals surface area contributed by atoms with Crippen LogP contribution in [0.15, 0.2) is 58.0 Å². The second kappa shape index (κ2) is 8.84. The van der Waals surface area contributed by atoms with Crippen LogP contribution in [0.5, 0.6) is 5.75 Å². The van der Waals surface area contributed by atoms with Gasteiger partial charge in [0.2, 0.25) is 5.96 Å². The van der Waals surface area contributed by atoms with Crippen molar-refractivity contribution in [1.29, 1.82) is 10.5 Å². The fourth-order valence-corrected chi connectivity index (χ4v) is 3.77. The van der Waals surface area contributed by atoms with E-state index in [1.54, 1.807) is 0 Å². The summed E-state index contributed by atoms with van der Waals surface area (Å²) in [7, 11) is 0. The van der Waals surface area contributed by atoms with E-state index >= 15 is 0 Å². The van der Waals surface area contributed by atoms with Crippen LogP contribution in [-0.4, -0.2) is 10.9 Å². The van der Waals surface area contributed by atoms with Crippen LogP contribution in [0.3, 0.4) is 0 Å². The summed E-state index contributed by atoms with van der Waals surface area (Å²) in [6, 6.07) is 16.5. The Labute approximate surface area is 192 Å². The Balaban J connectivity index is 1.73. The standard InChI is InChI=1S/C22H17BrN8O/c23-16-7-2-1-4-13(16)10-32-14-6-3-5-12(8-14)19-17-18(26)15(9-24)20(27)30-21(17)31-22(29-19)28-11-25/h1-8,19H,10H2,(H6,26,27,28,29,30,31). The average molecular weight is 489 g/mol. The topological polar surface area (TPSA) is 158 Å². The smallest absolute Gasteiger partial charge is 0.211 e. The van der Waals surface area contributed by atoms with Crippen LogP contribution < -0.4 is 26.8 Å². The molecular formula is C22H17BrN8O. The van der Waals surface area contributed by atoms with Crippen molar-refractivity contribution in [3.05, 3.63) is 75.3 Å². The maximum Gasteiger partial charge on any atom is 0.211 e. The number of halogens is 1. The molecule has 9 nitrogen and oxygen atoms in total. The zero-order valence-corrected chi connectivity index (χ0v) is 18.2. The summed E-state index contributed by atoms with van der Waals surface area (Å²) in [4.78, 5) is 8.82. The van der Waals surface area contributed by atoms with E-state index in [1.165, 1.54) is 0 Å². The SMILES string of the molecule is N#CNC1=NC(c2cccc(OCc3ccccc3Br)c2)c2c(nc(N)c(C#N)c2N)N1. The Bertz CT molecular complexity index is 1310. The van der Waals surface area contributed by atoms with Crippen molar-refractivity contribution in [3.8, 4) is 18.0 Å². The van der Waals surface area contributed by atoms with E-state index in [0.29, 0.717) is 23.7 Å². The molecule has 0 spiro atoms. The number of hydrogen-bond donors (Lipinski definition) is 4. The Hall–Kier alpha value is -4.28. The van der Waals surface area contributed by atoms with Crippen LogP contribution >= 0.6 is 15.9 Å². The van der Waals surface area contributed by atoms with E-state index < -0.39 is 6.04 Å². The molecule has 0 radical (unpaired) electrons. The first-order valence-corrected chi connectivity index (χ1v) is 10.3. The first-order valence-electron chi connectivity index (χ1n) is 9.46. The molecular weight excluding hydrogens is 472 g/mol. The molecule has 3 aromatic rings. The number of nitrogens with one attached hydrogen (secondary N) is 2. The van der Waals surface area contributed by atoms with Gasteiger partial charge in [-0.3, -0.25) is 5.32 Å². The Morgan fingerprint density at radius 1 is 1.16 bits per heavy atom. The number of nitriles is 2. The molecule has 0 fully saturated rings. The van der Waals surface area contributed by atoms with Crippen LogP contribution in [0.1, 0.15) is 28.3 Å². The third-order valence-corrected chi connectivity index (χ3v) is 5.66. The largest absolute Gasteiger partial charge is 0.489 e. The van der Waals surface area contributed by atoms with Gasteiger partial charge in [0, 0.05) is 15.6 Å². The van der Waals surface area contributed by atoms with Crippen molar-refractivity contribution in [3.63, 3.8) is 0 Å². The van der Waals surface area contributed by atoms with Gasteiger partial charge < -0.3 is 21.5 Å². The molecule has 4 rings (SSSR count). The fourth-order valence-electron chi connectivity index (χ4n) is 3.37. The minimum atomic E-state index is -0.630. The molecule has 0 saturated heterocycles. The predicted octanol–water partition coefficient (Wildman–Crippen LogP) is 3.40. The van der Waals surface area contributed by atoms with Crippen LogP contribution in [-0.2, 0) is 6.61 Å². The summed E-state index contributed by atoms with van der Waals surface area (Å²) in [5.74, 6) is 1.15. The van der Waals surface area contributed by atoms with Crippen molar-refractivity contribution in [2.24, 2.45) is 4.99 Å². The summed E-state index contributed by atoms with van der Waals surface area (Å²) in [5.41, 5.74) is 14.7. The van der Waals surface area contributed by atoms with E-state index in [-0.39, 0.29) is 23.0 Å². The molecule has 2 aromatic carbocycles. The normalized spacial score (nSPS) is 14.2. The average Bonchev–Trinajstić information content (AvgIpc) is 2.78. The molecule has 1 atom stereocenters. The number of ether oxygens (including phenoxy) is 1. The number of fused-ring (bicyclic) bond motifs is 1. The monoisotopic (exact) mass is 488 g/mol. The highest BCUT2D eigenvalue weighted by molar-refractivity contribution is 9.10. The molecule has 0 aliphatic carbocycles. The first-order chi connectivity index (χ1) is 15.5. The highest BCUT2D eigenvalue weighted by Crippen LogP contribution is 2.41. The quantitative estimate of drug-likeness (QED) is 0.321. The van der Waals surface area contributed by atoms with E-state index in [1.807, 2.05) is 60.8 Å². The van der Waals surface area contributed by atoms with E-state index in [0.717, 1.165) is 15.6 Å². The number of anilines is 3. The number of nitrogens with two attached hydrogens (primary N) is 2. The second-order valence-electron chi connectivity index (χ2n) is 6.85. The minimum absolute atomic E-state index is 0.00118. The van der Waals surface area contributed by atoms with Gasteiger partial charge in [0.15, 0.2) is 6.19 Å². The van der Waals surface area contributed by atoms with Gasteiger partial charge in [-0.2, -0.15) is 10.5 Å². The number of aliphatic imine (C=N–C) groups is 1. The number of benzene rings is 2. The Morgan fingerprint density at radius 3 is 2.72 bits per heavy atom. The molecule has 0 saturated carbocycles. The van der Waals surface area contributed by atoms with Crippen molar-refractivity contribution in [2.45, 2.75) is 12.6 Å². The van der Waals surface area contributed by atoms with E-state index in [9.17, 15) is 5.26 Å². The van der Waals surface area contributed by atoms with Gasteiger partial charge in [-0.1, -0.05) is 46.3 Å². The minimum Gasteiger partial charge on any atom is -0.489 e. The van der Waals surface area contributed by atoms with Gasteiger partial charge in [0.05, 0.1) is 5.69 Å². The third kappa shape index (κ3) is 4.00. The first kappa shape index (κ1) is 21.0. The van der Waals surface area contributed by atoms with Gasteiger partial charge in [-0.05, 0) is 23.8 Å². The molecule has 10 heteroatoms. The summed E-state index contributed by atoms with van der Waals surface area (Å²) in [6.45, 7) is 0.372. The Kier molecular flexibility index (Phi) is 5.79. The van der Waals surface area contributed by atoms with Crippen molar-refractivity contribution < 1.29 is 4.74 Å². The molecule has 2 heterocycles. The van der Waals surface area contributed by atoms with Gasteiger partial charge in [0.1, 0.15) is 41.7 Å². The number of pyridine rings is 1. The van der Waals surface area contributed by atoms with Gasteiger partial charge in [-0.25, -0.2) is 9.98 Å². The summed E-state index contributed by atoms with van der Waals surface area (Å²) < 4.78 is 6.94. The van der Waals surface area contributed by atoms with Crippen LogP contribution in [0.25, 0.3) is 0 Å². The van der Waals surface area contributed by atoms with Gasteiger partial charge >= 0.3 is 0 Å². The lowest BCUT2D eigenvalue weighted by Crippen LogP contribution is -2.32. The lowest BCUT2D eigenvalue weighted by molar-refractivity contribution is 0.305. The molecule has 6 N–H and O–H groups in total. The predicted molar refractivity (Wildman–Crippen MR) is 124 cm³/mol. The highest BCUT2D eigenvalue weighted by Gasteiger charge is 2.29. The number of nitrogen functional groups attached to an aromatic ring is 2. The molecule has 0 bridgehead atoms. The zero-order valence-electron chi connectivity index (χ0n) is 16.6. The Morgan fingerprint density at radius 2 is 1.97 bits per heavy atom. The third-order valence-electron chi connectivity index (χ3n) is 4.88. The number of aromatic nitrogens is 1. The van der Waals surface area contributed by atoms with Crippen LogP contribution in [0, 0.1) is 22.8 Å². The molecule has 1 aromatic heterocycles. The van der Waals surface area contributed by atoms with Crippen molar-refractivity contribution >= 4 is 39.2 Å². The second-order valence-corrected chi connectivity index (χ2v) is 7.71. The van der Waals surface area contributed by atoms with Crippen LogP contribution in [0.4, 0.5) is 17.3 Å². The molecule has 0 amide bonds. The van der Waals surface area contributed by atoms with Crippen molar-refractivity contribution in [1.82, 2.24) is 10.3 Å². The fraction of sp³-hybridized carbons (Fsp3) is 0.0909. The molecule has 1 unspecified atom stereocenters. The van der Waals surface area contributed by atoms with Crippen molar-refractivity contribution in [2.75, 3.05) is 16.8 Å². The maximum absolute atomic E-state index is 9.45. The maximum atomic E-state index is 9.45. The van der Waals surface area contributed by atoms with Gasteiger partial charge in [-0.15, -0.1) is 0 Å². The number of nitrogens with zero attached hydrogens (tertiary/aromatic N) is 4. The summed E-state index contributed by atoms with van der Waals surface area (Å²) >= 11 is 3.52.